The molecule has 0 aromatic heterocycles. The summed E-state index contributed by atoms with van der Waals surface area (Å²) in [6.07, 6.45) is -0.243. The molecule has 1 aromatic rings. The number of unbranched alkanes of at least 4 members (excludes halogenated alkanes) is 1. The van der Waals surface area contributed by atoms with E-state index in [1.54, 1.807) is 41.5 Å². The number of carbonyl (C=O) groups is 6. The zero-order valence-corrected chi connectivity index (χ0v) is 29.8. The van der Waals surface area contributed by atoms with Crippen LogP contribution < -0.4 is 22.1 Å². The molecule has 4 amide bonds. The van der Waals surface area contributed by atoms with Crippen molar-refractivity contribution in [2.24, 2.45) is 22.4 Å². The highest BCUT2D eigenvalue weighted by atomic mass is 16.6. The molecule has 15 nitrogen and oxygen atoms in total. The summed E-state index contributed by atoms with van der Waals surface area (Å²) < 4.78 is 16.1. The molecule has 0 saturated heterocycles. The van der Waals surface area contributed by atoms with E-state index in [0.29, 0.717) is 12.8 Å². The standard InChI is InChI=1S/C34H54N6O9/c1-23(41)38-30(36)40(32(46)49-34(5,6)7)19-13-16-25(20-26(42)21-35)28(43)39-27(29(44)48-33(2,3)4)17-11-12-18-37-31(45)47-22-24-14-9-8-10-15-24/h8-10,14-15,25,27H,11-13,16-22,35H2,1-7H3,(H,37,45)(H,39,43)(H2,36,38,41)/t25-,27+/m1/s1. The minimum atomic E-state index is -1.04. The van der Waals surface area contributed by atoms with E-state index in [1.807, 2.05) is 30.3 Å². The number of nitrogens with two attached hydrogens (primary N) is 2. The summed E-state index contributed by atoms with van der Waals surface area (Å²) in [7, 11) is 0. The van der Waals surface area contributed by atoms with Gasteiger partial charge in [0.2, 0.25) is 17.8 Å². The van der Waals surface area contributed by atoms with E-state index < -0.39 is 53.1 Å². The van der Waals surface area contributed by atoms with Crippen molar-refractivity contribution in [3.05, 3.63) is 35.9 Å². The first-order chi connectivity index (χ1) is 22.8. The Morgan fingerprint density at radius 2 is 1.53 bits per heavy atom. The fourth-order valence-electron chi connectivity index (χ4n) is 4.37. The highest BCUT2D eigenvalue weighted by molar-refractivity contribution is 5.99. The van der Waals surface area contributed by atoms with Gasteiger partial charge in [-0.05, 0) is 79.2 Å². The molecule has 0 saturated carbocycles. The van der Waals surface area contributed by atoms with Crippen LogP contribution in [0.3, 0.4) is 0 Å². The monoisotopic (exact) mass is 690 g/mol. The second-order valence-electron chi connectivity index (χ2n) is 13.5. The van der Waals surface area contributed by atoms with Crippen LogP contribution in [0.25, 0.3) is 0 Å². The van der Waals surface area contributed by atoms with Crippen LogP contribution in [-0.2, 0) is 40.0 Å². The smallest absolute Gasteiger partial charge is 0.417 e. The number of hydrogen-bond acceptors (Lipinski definition) is 10. The Balaban J connectivity index is 2.93. The fraction of sp³-hybridized carbons (Fsp3) is 0.618. The summed E-state index contributed by atoms with van der Waals surface area (Å²) in [6, 6.07) is 8.21. The highest BCUT2D eigenvalue weighted by Gasteiger charge is 2.31. The van der Waals surface area contributed by atoms with Gasteiger partial charge in [-0.25, -0.2) is 19.3 Å². The second kappa shape index (κ2) is 20.8. The third kappa shape index (κ3) is 19.2. The van der Waals surface area contributed by atoms with Gasteiger partial charge in [0.1, 0.15) is 29.6 Å². The Hall–Kier alpha value is -4.53. The molecule has 0 fully saturated rings. The van der Waals surface area contributed by atoms with Crippen LogP contribution in [0.1, 0.15) is 92.6 Å². The average molecular weight is 691 g/mol. The maximum Gasteiger partial charge on any atom is 0.417 e. The van der Waals surface area contributed by atoms with E-state index in [-0.39, 0.29) is 63.7 Å². The Morgan fingerprint density at radius 3 is 2.10 bits per heavy atom. The van der Waals surface area contributed by atoms with Crippen molar-refractivity contribution in [2.45, 2.75) is 111 Å². The van der Waals surface area contributed by atoms with Gasteiger partial charge in [0, 0.05) is 32.4 Å². The van der Waals surface area contributed by atoms with Crippen molar-refractivity contribution >= 4 is 41.7 Å². The Labute approximate surface area is 288 Å². The number of ketones is 1. The normalized spacial score (nSPS) is 13.0. The number of nitrogens with one attached hydrogen (secondary N) is 2. The van der Waals surface area contributed by atoms with E-state index in [4.69, 9.17) is 25.7 Å². The van der Waals surface area contributed by atoms with Gasteiger partial charge in [-0.3, -0.25) is 14.4 Å². The molecule has 0 unspecified atom stereocenters. The van der Waals surface area contributed by atoms with Gasteiger partial charge in [-0.2, -0.15) is 4.99 Å². The summed E-state index contributed by atoms with van der Waals surface area (Å²) in [5.74, 6) is -3.50. The average Bonchev–Trinajstić information content (AvgIpc) is 2.98. The lowest BCUT2D eigenvalue weighted by Crippen LogP contribution is -2.47. The predicted octanol–water partition coefficient (Wildman–Crippen LogP) is 3.32. The van der Waals surface area contributed by atoms with Crippen molar-refractivity contribution in [2.75, 3.05) is 19.6 Å². The van der Waals surface area contributed by atoms with Gasteiger partial charge in [0.15, 0.2) is 0 Å². The van der Waals surface area contributed by atoms with E-state index in [1.165, 1.54) is 6.92 Å². The van der Waals surface area contributed by atoms with Crippen molar-refractivity contribution in [3.8, 4) is 0 Å². The van der Waals surface area contributed by atoms with E-state index in [9.17, 15) is 28.8 Å². The van der Waals surface area contributed by atoms with Gasteiger partial charge in [0.05, 0.1) is 6.54 Å². The number of ether oxygens (including phenoxy) is 3. The van der Waals surface area contributed by atoms with Crippen LogP contribution in [-0.4, -0.2) is 83.5 Å². The van der Waals surface area contributed by atoms with Gasteiger partial charge in [0.25, 0.3) is 0 Å². The third-order valence-electron chi connectivity index (χ3n) is 6.58. The zero-order chi connectivity index (χ0) is 37.2. The molecule has 1 aromatic carbocycles. The molecule has 2 atom stereocenters. The third-order valence-corrected chi connectivity index (χ3v) is 6.58. The molecule has 49 heavy (non-hydrogen) atoms. The van der Waals surface area contributed by atoms with Crippen molar-refractivity contribution < 1.29 is 43.0 Å². The molecule has 0 aliphatic rings. The fourth-order valence-corrected chi connectivity index (χ4v) is 4.37. The van der Waals surface area contributed by atoms with Crippen LogP contribution in [0.4, 0.5) is 9.59 Å². The van der Waals surface area contributed by atoms with Crippen LogP contribution in [0.15, 0.2) is 35.3 Å². The molecule has 0 heterocycles. The van der Waals surface area contributed by atoms with Crippen molar-refractivity contribution in [1.82, 2.24) is 15.5 Å². The lowest BCUT2D eigenvalue weighted by molar-refractivity contribution is -0.159. The maximum absolute atomic E-state index is 13.5. The maximum atomic E-state index is 13.5. The number of Topliss-reactive ketones (excluding diaryl/α,β-unsaturated/α-hetero) is 1. The highest BCUT2D eigenvalue weighted by Crippen LogP contribution is 2.18. The molecule has 0 spiro atoms. The molecular weight excluding hydrogens is 636 g/mol. The van der Waals surface area contributed by atoms with E-state index in [0.717, 1.165) is 10.5 Å². The molecule has 15 heteroatoms. The first kappa shape index (κ1) is 42.5. The summed E-state index contributed by atoms with van der Waals surface area (Å²) in [6.45, 7) is 11.3. The zero-order valence-electron chi connectivity index (χ0n) is 29.8. The van der Waals surface area contributed by atoms with Gasteiger partial charge < -0.3 is 36.3 Å². The number of amides is 4. The Kier molecular flexibility index (Phi) is 18.0. The Morgan fingerprint density at radius 1 is 0.898 bits per heavy atom. The molecule has 0 radical (unpaired) electrons. The number of carbonyl (C=O) groups excluding carboxylic acids is 6. The van der Waals surface area contributed by atoms with E-state index in [2.05, 4.69) is 15.6 Å². The van der Waals surface area contributed by atoms with Gasteiger partial charge in [-0.15, -0.1) is 0 Å². The number of alkyl carbamates (subject to hydrolysis) is 1. The van der Waals surface area contributed by atoms with Crippen LogP contribution in [0, 0.1) is 5.92 Å². The topological polar surface area (TPSA) is 222 Å². The Bertz CT molecular complexity index is 1290. The minimum Gasteiger partial charge on any atom is -0.458 e. The first-order valence-electron chi connectivity index (χ1n) is 16.4. The predicted molar refractivity (Wildman–Crippen MR) is 183 cm³/mol. The number of guanidine groups is 1. The lowest BCUT2D eigenvalue weighted by atomic mass is 9.95. The number of hydrogen-bond donors (Lipinski definition) is 4. The van der Waals surface area contributed by atoms with Crippen molar-refractivity contribution in [3.63, 3.8) is 0 Å². The number of esters is 1. The molecule has 0 aliphatic heterocycles. The molecule has 0 bridgehead atoms. The molecular formula is C34H54N6O9. The van der Waals surface area contributed by atoms with Crippen LogP contribution >= 0.6 is 0 Å². The van der Waals surface area contributed by atoms with Crippen LogP contribution in [0.2, 0.25) is 0 Å². The van der Waals surface area contributed by atoms with Crippen LogP contribution in [0.5, 0.6) is 0 Å². The number of benzene rings is 1. The first-order valence-corrected chi connectivity index (χ1v) is 16.4. The number of nitrogens with zero attached hydrogens (tertiary/aromatic N) is 2. The molecule has 274 valence electrons. The summed E-state index contributed by atoms with van der Waals surface area (Å²) in [5, 5.41) is 5.40. The molecule has 0 aliphatic carbocycles. The summed E-state index contributed by atoms with van der Waals surface area (Å²) in [5.41, 5.74) is 10.6. The second-order valence-corrected chi connectivity index (χ2v) is 13.5. The number of aliphatic imine (C=N–C) groups is 1. The molecule has 6 N–H and O–H groups in total. The number of rotatable bonds is 17. The summed E-state index contributed by atoms with van der Waals surface area (Å²) >= 11 is 0. The minimum absolute atomic E-state index is 0.0750. The largest absolute Gasteiger partial charge is 0.458 e. The lowest BCUT2D eigenvalue weighted by Gasteiger charge is -2.27. The van der Waals surface area contributed by atoms with Gasteiger partial charge >= 0.3 is 18.2 Å². The van der Waals surface area contributed by atoms with E-state index >= 15 is 0 Å². The SMILES string of the molecule is CC(=O)N=C(N)N(CCC[C@H](CC(=O)CN)C(=O)N[C@@H](CCCCNC(=O)OCc1ccccc1)C(=O)OC(C)(C)C)C(=O)OC(C)(C)C. The molecule has 1 rings (SSSR count). The quantitative estimate of drug-likeness (QED) is 0.0610. The van der Waals surface area contributed by atoms with Gasteiger partial charge in [-0.1, -0.05) is 30.3 Å². The summed E-state index contributed by atoms with van der Waals surface area (Å²) in [4.78, 5) is 80.1. The van der Waals surface area contributed by atoms with Crippen molar-refractivity contribution in [1.29, 1.82) is 0 Å².